The lowest BCUT2D eigenvalue weighted by molar-refractivity contribution is 0.101. The van der Waals surface area contributed by atoms with Crippen LogP contribution in [0.5, 0.6) is 0 Å². The summed E-state index contributed by atoms with van der Waals surface area (Å²) < 4.78 is 0. The predicted octanol–water partition coefficient (Wildman–Crippen LogP) is 3.17. The first-order chi connectivity index (χ1) is 13.6. The Balaban J connectivity index is 1.50. The highest BCUT2D eigenvalue weighted by molar-refractivity contribution is 6.07. The molecule has 8 heteroatoms. The molecular formula is C20H16N6O2. The third kappa shape index (κ3) is 3.56. The van der Waals surface area contributed by atoms with E-state index in [2.05, 4.69) is 30.8 Å². The van der Waals surface area contributed by atoms with Crippen molar-refractivity contribution >= 4 is 34.2 Å². The van der Waals surface area contributed by atoms with E-state index in [1.165, 1.54) is 6.20 Å². The van der Waals surface area contributed by atoms with Crippen molar-refractivity contribution in [2.75, 3.05) is 10.6 Å². The number of amides is 2. The second-order valence-electron chi connectivity index (χ2n) is 6.17. The molecule has 0 aliphatic carbocycles. The number of pyridine rings is 2. The summed E-state index contributed by atoms with van der Waals surface area (Å²) in [5, 5.41) is 13.3. The van der Waals surface area contributed by atoms with Gasteiger partial charge in [-0.15, -0.1) is 0 Å². The Bertz CT molecular complexity index is 1170. The number of benzene rings is 1. The van der Waals surface area contributed by atoms with E-state index in [0.29, 0.717) is 28.1 Å². The lowest BCUT2D eigenvalue weighted by Crippen LogP contribution is -2.15. The average Bonchev–Trinajstić information content (AvgIpc) is 3.09. The maximum atomic E-state index is 12.6. The number of hydrogen-bond acceptors (Lipinski definition) is 5. The van der Waals surface area contributed by atoms with E-state index in [-0.39, 0.29) is 11.8 Å². The number of aromatic amines is 1. The summed E-state index contributed by atoms with van der Waals surface area (Å²) >= 11 is 0. The summed E-state index contributed by atoms with van der Waals surface area (Å²) in [7, 11) is 0. The van der Waals surface area contributed by atoms with E-state index >= 15 is 0 Å². The zero-order chi connectivity index (χ0) is 19.5. The minimum Gasteiger partial charge on any atom is -0.322 e. The van der Waals surface area contributed by atoms with Gasteiger partial charge in [0.15, 0.2) is 5.65 Å². The van der Waals surface area contributed by atoms with Gasteiger partial charge in [-0.05, 0) is 43.3 Å². The molecule has 0 aliphatic rings. The normalized spacial score (nSPS) is 10.6. The Morgan fingerprint density at radius 1 is 0.929 bits per heavy atom. The van der Waals surface area contributed by atoms with E-state index in [1.54, 1.807) is 48.8 Å². The summed E-state index contributed by atoms with van der Waals surface area (Å²) in [6.45, 7) is 1.89. The molecule has 2 amide bonds. The first kappa shape index (κ1) is 17.3. The molecule has 4 aromatic rings. The Hall–Kier alpha value is -4.07. The van der Waals surface area contributed by atoms with Gasteiger partial charge in [0.05, 0.1) is 17.4 Å². The Labute approximate surface area is 160 Å². The summed E-state index contributed by atoms with van der Waals surface area (Å²) in [5.74, 6) is -0.601. The standard InChI is InChI=1S/C20H16N6O2/c1-12-17-9-16(11-22-18(17)26-25-12)24-19(27)13-4-2-6-15(8-13)23-20(28)14-5-3-7-21-10-14/h2-11H,1H3,(H,23,28)(H,24,27)(H,22,25,26). The van der Waals surface area contributed by atoms with Crippen molar-refractivity contribution in [2.24, 2.45) is 0 Å². The topological polar surface area (TPSA) is 113 Å². The molecule has 0 saturated heterocycles. The SMILES string of the molecule is Cc1[nH]nc2ncc(NC(=O)c3cccc(NC(=O)c4cccnc4)c3)cc12. The van der Waals surface area contributed by atoms with Crippen LogP contribution in [-0.4, -0.2) is 32.0 Å². The highest BCUT2D eigenvalue weighted by Gasteiger charge is 2.11. The van der Waals surface area contributed by atoms with Gasteiger partial charge in [0.2, 0.25) is 0 Å². The lowest BCUT2D eigenvalue weighted by Gasteiger charge is -2.08. The molecule has 8 nitrogen and oxygen atoms in total. The molecule has 0 atom stereocenters. The van der Waals surface area contributed by atoms with Crippen LogP contribution < -0.4 is 10.6 Å². The van der Waals surface area contributed by atoms with Gasteiger partial charge in [-0.3, -0.25) is 19.7 Å². The molecule has 0 bridgehead atoms. The highest BCUT2D eigenvalue weighted by atomic mass is 16.2. The molecule has 138 valence electrons. The number of carbonyl (C=O) groups excluding carboxylic acids is 2. The fraction of sp³-hybridized carbons (Fsp3) is 0.0500. The van der Waals surface area contributed by atoms with Crippen molar-refractivity contribution in [2.45, 2.75) is 6.92 Å². The summed E-state index contributed by atoms with van der Waals surface area (Å²) in [5.41, 5.74) is 3.39. The molecule has 0 saturated carbocycles. The van der Waals surface area contributed by atoms with Crippen molar-refractivity contribution in [3.05, 3.63) is 77.9 Å². The number of aromatic nitrogens is 4. The van der Waals surface area contributed by atoms with Gasteiger partial charge < -0.3 is 10.6 Å². The first-order valence-corrected chi connectivity index (χ1v) is 8.54. The van der Waals surface area contributed by atoms with Crippen molar-refractivity contribution < 1.29 is 9.59 Å². The third-order valence-corrected chi connectivity index (χ3v) is 4.16. The molecule has 1 aromatic carbocycles. The number of rotatable bonds is 4. The van der Waals surface area contributed by atoms with E-state index < -0.39 is 0 Å². The van der Waals surface area contributed by atoms with Crippen LogP contribution in [0.4, 0.5) is 11.4 Å². The predicted molar refractivity (Wildman–Crippen MR) is 105 cm³/mol. The fourth-order valence-corrected chi connectivity index (χ4v) is 2.73. The van der Waals surface area contributed by atoms with Crippen molar-refractivity contribution in [3.63, 3.8) is 0 Å². The number of aryl methyl sites for hydroxylation is 1. The maximum absolute atomic E-state index is 12.6. The largest absolute Gasteiger partial charge is 0.322 e. The zero-order valence-electron chi connectivity index (χ0n) is 14.9. The van der Waals surface area contributed by atoms with Crippen molar-refractivity contribution in [1.82, 2.24) is 20.2 Å². The van der Waals surface area contributed by atoms with E-state index in [1.807, 2.05) is 13.0 Å². The number of nitrogens with one attached hydrogen (secondary N) is 3. The first-order valence-electron chi connectivity index (χ1n) is 8.54. The average molecular weight is 372 g/mol. The van der Waals surface area contributed by atoms with Crippen LogP contribution in [0, 0.1) is 6.92 Å². The molecule has 0 fully saturated rings. The van der Waals surface area contributed by atoms with Gasteiger partial charge >= 0.3 is 0 Å². The van der Waals surface area contributed by atoms with Crippen LogP contribution in [0.3, 0.4) is 0 Å². The number of hydrogen-bond donors (Lipinski definition) is 3. The summed E-state index contributed by atoms with van der Waals surface area (Å²) in [4.78, 5) is 33.0. The van der Waals surface area contributed by atoms with Crippen LogP contribution >= 0.6 is 0 Å². The molecule has 3 aromatic heterocycles. The lowest BCUT2D eigenvalue weighted by atomic mass is 10.1. The van der Waals surface area contributed by atoms with Gasteiger partial charge in [-0.25, -0.2) is 4.98 Å². The Kier molecular flexibility index (Phi) is 4.51. The van der Waals surface area contributed by atoms with Crippen molar-refractivity contribution in [3.8, 4) is 0 Å². The second-order valence-corrected chi connectivity index (χ2v) is 6.17. The summed E-state index contributed by atoms with van der Waals surface area (Å²) in [6.07, 6.45) is 4.63. The molecule has 0 aliphatic heterocycles. The van der Waals surface area contributed by atoms with Crippen LogP contribution in [0.2, 0.25) is 0 Å². The fourth-order valence-electron chi connectivity index (χ4n) is 2.73. The van der Waals surface area contributed by atoms with E-state index in [9.17, 15) is 9.59 Å². The maximum Gasteiger partial charge on any atom is 0.257 e. The van der Waals surface area contributed by atoms with Gasteiger partial charge in [-0.1, -0.05) is 6.07 Å². The molecular weight excluding hydrogens is 356 g/mol. The zero-order valence-corrected chi connectivity index (χ0v) is 14.9. The minimum absolute atomic E-state index is 0.296. The number of H-pyrrole nitrogens is 1. The monoisotopic (exact) mass is 372 g/mol. The molecule has 0 radical (unpaired) electrons. The molecule has 3 heterocycles. The number of nitrogens with zero attached hydrogens (tertiary/aromatic N) is 3. The number of carbonyl (C=O) groups is 2. The van der Waals surface area contributed by atoms with E-state index in [0.717, 1.165) is 11.1 Å². The quantitative estimate of drug-likeness (QED) is 0.509. The van der Waals surface area contributed by atoms with Crippen molar-refractivity contribution in [1.29, 1.82) is 0 Å². The molecule has 3 N–H and O–H groups in total. The van der Waals surface area contributed by atoms with Crippen LogP contribution in [-0.2, 0) is 0 Å². The molecule has 28 heavy (non-hydrogen) atoms. The smallest absolute Gasteiger partial charge is 0.257 e. The number of fused-ring (bicyclic) bond motifs is 1. The van der Waals surface area contributed by atoms with Gasteiger partial charge in [-0.2, -0.15) is 5.10 Å². The minimum atomic E-state index is -0.306. The number of anilines is 2. The molecule has 4 rings (SSSR count). The van der Waals surface area contributed by atoms with Crippen LogP contribution in [0.1, 0.15) is 26.4 Å². The molecule has 0 unspecified atom stereocenters. The van der Waals surface area contributed by atoms with Gasteiger partial charge in [0, 0.05) is 34.7 Å². The van der Waals surface area contributed by atoms with Gasteiger partial charge in [0.25, 0.3) is 11.8 Å². The van der Waals surface area contributed by atoms with E-state index in [4.69, 9.17) is 0 Å². The Morgan fingerprint density at radius 2 is 1.71 bits per heavy atom. The van der Waals surface area contributed by atoms with Crippen LogP contribution in [0.25, 0.3) is 11.0 Å². The Morgan fingerprint density at radius 3 is 2.54 bits per heavy atom. The summed E-state index contributed by atoms with van der Waals surface area (Å²) in [6, 6.07) is 11.9. The van der Waals surface area contributed by atoms with Gasteiger partial charge in [0.1, 0.15) is 0 Å². The third-order valence-electron chi connectivity index (χ3n) is 4.16. The van der Waals surface area contributed by atoms with Crippen LogP contribution in [0.15, 0.2) is 61.1 Å². The molecule has 0 spiro atoms. The highest BCUT2D eigenvalue weighted by Crippen LogP contribution is 2.19. The second kappa shape index (κ2) is 7.28.